The Hall–Kier alpha value is -1.43. The summed E-state index contributed by atoms with van der Waals surface area (Å²) in [6, 6.07) is 3.54. The molecule has 1 aromatic rings. The molecule has 19 heavy (non-hydrogen) atoms. The number of hydrogen-bond acceptors (Lipinski definition) is 3. The topological polar surface area (TPSA) is 53.5 Å². The average Bonchev–Trinajstić information content (AvgIpc) is 3.13. The van der Waals surface area contributed by atoms with E-state index in [1.54, 1.807) is 28.1 Å². The number of hydrogen-bond donors (Lipinski definition) is 0. The molecule has 2 heterocycles. The number of carbonyl (C=O) groups excluding carboxylic acids is 2. The van der Waals surface area contributed by atoms with Gasteiger partial charge >= 0.3 is 0 Å². The maximum Gasteiger partial charge on any atom is 0.275 e. The summed E-state index contributed by atoms with van der Waals surface area (Å²) < 4.78 is 0.660. The van der Waals surface area contributed by atoms with Gasteiger partial charge in [-0.05, 0) is 46.8 Å². The van der Waals surface area contributed by atoms with Crippen molar-refractivity contribution in [2.75, 3.05) is 19.8 Å². The molecule has 0 bridgehead atoms. The first-order valence-electron chi connectivity index (χ1n) is 6.32. The molecule has 0 N–H and O–H groups in total. The lowest BCUT2D eigenvalue weighted by Gasteiger charge is -2.17. The minimum atomic E-state index is -0.195. The van der Waals surface area contributed by atoms with E-state index in [0.29, 0.717) is 22.8 Å². The summed E-state index contributed by atoms with van der Waals surface area (Å²) in [5.74, 6) is 0.479. The van der Waals surface area contributed by atoms with Crippen molar-refractivity contribution in [3.05, 3.63) is 28.5 Å². The number of rotatable bonds is 3. The Bertz CT molecular complexity index is 530. The van der Waals surface area contributed by atoms with Crippen molar-refractivity contribution < 1.29 is 9.59 Å². The zero-order valence-electron chi connectivity index (χ0n) is 10.4. The lowest BCUT2D eigenvalue weighted by atomic mass is 10.3. The highest BCUT2D eigenvalue weighted by Crippen LogP contribution is 2.30. The third-order valence-corrected chi connectivity index (χ3v) is 4.08. The Kier molecular flexibility index (Phi) is 3.26. The van der Waals surface area contributed by atoms with E-state index in [0.717, 1.165) is 6.54 Å². The standard InChI is InChI=1S/C13H14BrN3O2/c14-10-2-1-5-15-12(10)13(19)17-7-11(18)16(8-17)6-9-3-4-9/h1-2,5,9H,3-4,6-8H2. The van der Waals surface area contributed by atoms with Crippen LogP contribution in [0.5, 0.6) is 0 Å². The molecule has 2 aliphatic rings. The number of amides is 2. The molecule has 5 nitrogen and oxygen atoms in total. The van der Waals surface area contributed by atoms with Crippen LogP contribution >= 0.6 is 15.9 Å². The van der Waals surface area contributed by atoms with Gasteiger partial charge in [-0.25, -0.2) is 4.98 Å². The van der Waals surface area contributed by atoms with Crippen LogP contribution in [0.4, 0.5) is 0 Å². The summed E-state index contributed by atoms with van der Waals surface area (Å²) in [6.45, 7) is 1.33. The highest BCUT2D eigenvalue weighted by molar-refractivity contribution is 9.10. The molecule has 1 saturated heterocycles. The molecule has 1 aromatic heterocycles. The number of pyridine rings is 1. The molecule has 0 spiro atoms. The van der Waals surface area contributed by atoms with Crippen molar-refractivity contribution >= 4 is 27.7 Å². The Labute approximate surface area is 119 Å². The Morgan fingerprint density at radius 2 is 2.26 bits per heavy atom. The van der Waals surface area contributed by atoms with Gasteiger partial charge in [0.15, 0.2) is 0 Å². The first-order chi connectivity index (χ1) is 9.15. The second-order valence-electron chi connectivity index (χ2n) is 5.04. The second-order valence-corrected chi connectivity index (χ2v) is 5.89. The van der Waals surface area contributed by atoms with Crippen molar-refractivity contribution in [1.82, 2.24) is 14.8 Å². The van der Waals surface area contributed by atoms with Crippen molar-refractivity contribution in [3.8, 4) is 0 Å². The third-order valence-electron chi connectivity index (χ3n) is 3.44. The van der Waals surface area contributed by atoms with Gasteiger partial charge in [-0.1, -0.05) is 0 Å². The largest absolute Gasteiger partial charge is 0.323 e. The van der Waals surface area contributed by atoms with E-state index in [9.17, 15) is 9.59 Å². The molecule has 0 radical (unpaired) electrons. The maximum atomic E-state index is 12.3. The van der Waals surface area contributed by atoms with Gasteiger partial charge in [0, 0.05) is 17.2 Å². The number of carbonyl (C=O) groups is 2. The van der Waals surface area contributed by atoms with Crippen LogP contribution < -0.4 is 0 Å². The predicted molar refractivity (Wildman–Crippen MR) is 72.3 cm³/mol. The molecule has 1 aliphatic heterocycles. The van der Waals surface area contributed by atoms with Crippen molar-refractivity contribution in [2.24, 2.45) is 5.92 Å². The fourth-order valence-corrected chi connectivity index (χ4v) is 2.62. The molecule has 3 rings (SSSR count). The van der Waals surface area contributed by atoms with Crippen LogP contribution in [-0.4, -0.2) is 46.4 Å². The number of nitrogens with zero attached hydrogens (tertiary/aromatic N) is 3. The highest BCUT2D eigenvalue weighted by Gasteiger charge is 2.35. The smallest absolute Gasteiger partial charge is 0.275 e. The lowest BCUT2D eigenvalue weighted by Crippen LogP contribution is -2.32. The molecule has 0 unspecified atom stereocenters. The van der Waals surface area contributed by atoms with Gasteiger partial charge in [-0.2, -0.15) is 0 Å². The predicted octanol–water partition coefficient (Wildman–Crippen LogP) is 1.50. The molecule has 0 aromatic carbocycles. The minimum absolute atomic E-state index is 0.0345. The molecular weight excluding hydrogens is 310 g/mol. The van der Waals surface area contributed by atoms with Crippen LogP contribution in [0.25, 0.3) is 0 Å². The second kappa shape index (κ2) is 4.92. The quantitative estimate of drug-likeness (QED) is 0.847. The molecule has 2 fully saturated rings. The van der Waals surface area contributed by atoms with E-state index < -0.39 is 0 Å². The molecule has 1 aliphatic carbocycles. The van der Waals surface area contributed by atoms with E-state index >= 15 is 0 Å². The van der Waals surface area contributed by atoms with Crippen LogP contribution in [0.3, 0.4) is 0 Å². The van der Waals surface area contributed by atoms with Crippen LogP contribution in [-0.2, 0) is 4.79 Å². The summed E-state index contributed by atoms with van der Waals surface area (Å²) in [7, 11) is 0. The van der Waals surface area contributed by atoms with E-state index in [1.807, 2.05) is 0 Å². The van der Waals surface area contributed by atoms with Crippen LogP contribution in [0.1, 0.15) is 23.3 Å². The van der Waals surface area contributed by atoms with Gasteiger partial charge in [0.25, 0.3) is 5.91 Å². The monoisotopic (exact) mass is 323 g/mol. The Morgan fingerprint density at radius 1 is 1.47 bits per heavy atom. The van der Waals surface area contributed by atoms with Gasteiger partial charge in [-0.3, -0.25) is 9.59 Å². The van der Waals surface area contributed by atoms with E-state index in [2.05, 4.69) is 20.9 Å². The minimum Gasteiger partial charge on any atom is -0.323 e. The average molecular weight is 324 g/mol. The number of aromatic nitrogens is 1. The summed E-state index contributed by atoms with van der Waals surface area (Å²) in [6.07, 6.45) is 3.98. The molecule has 100 valence electrons. The summed E-state index contributed by atoms with van der Waals surface area (Å²) in [5.41, 5.74) is 0.364. The molecule has 0 atom stereocenters. The highest BCUT2D eigenvalue weighted by atomic mass is 79.9. The van der Waals surface area contributed by atoms with E-state index in [-0.39, 0.29) is 18.4 Å². The summed E-state index contributed by atoms with van der Waals surface area (Å²) in [5, 5.41) is 0. The molecule has 6 heteroatoms. The first-order valence-corrected chi connectivity index (χ1v) is 7.12. The van der Waals surface area contributed by atoms with Crippen molar-refractivity contribution in [3.63, 3.8) is 0 Å². The fraction of sp³-hybridized carbons (Fsp3) is 0.462. The zero-order valence-corrected chi connectivity index (χ0v) is 12.0. The van der Waals surface area contributed by atoms with Gasteiger partial charge in [0.2, 0.25) is 5.91 Å². The summed E-state index contributed by atoms with van der Waals surface area (Å²) in [4.78, 5) is 31.6. The Morgan fingerprint density at radius 3 is 2.95 bits per heavy atom. The van der Waals surface area contributed by atoms with Crippen LogP contribution in [0.2, 0.25) is 0 Å². The van der Waals surface area contributed by atoms with Gasteiger partial charge in [0.05, 0.1) is 6.67 Å². The van der Waals surface area contributed by atoms with Crippen LogP contribution in [0, 0.1) is 5.92 Å². The van der Waals surface area contributed by atoms with Gasteiger partial charge in [0.1, 0.15) is 12.2 Å². The SMILES string of the molecule is O=C1CN(C(=O)c2ncccc2Br)CN1CC1CC1. The normalized spacial score (nSPS) is 19.1. The zero-order chi connectivity index (χ0) is 13.4. The third kappa shape index (κ3) is 2.63. The first kappa shape index (κ1) is 12.6. The lowest BCUT2D eigenvalue weighted by molar-refractivity contribution is -0.126. The number of halogens is 1. The van der Waals surface area contributed by atoms with Gasteiger partial charge in [-0.15, -0.1) is 0 Å². The fourth-order valence-electron chi connectivity index (χ4n) is 2.20. The van der Waals surface area contributed by atoms with Crippen LogP contribution in [0.15, 0.2) is 22.8 Å². The Balaban J connectivity index is 1.71. The van der Waals surface area contributed by atoms with Gasteiger partial charge < -0.3 is 9.80 Å². The van der Waals surface area contributed by atoms with Crippen molar-refractivity contribution in [2.45, 2.75) is 12.8 Å². The molecule has 1 saturated carbocycles. The maximum absolute atomic E-state index is 12.3. The van der Waals surface area contributed by atoms with E-state index in [4.69, 9.17) is 0 Å². The summed E-state index contributed by atoms with van der Waals surface area (Å²) >= 11 is 3.32. The van der Waals surface area contributed by atoms with E-state index in [1.165, 1.54) is 12.8 Å². The molecule has 2 amide bonds. The molecular formula is C13H14BrN3O2. The van der Waals surface area contributed by atoms with Crippen molar-refractivity contribution in [1.29, 1.82) is 0 Å².